The summed E-state index contributed by atoms with van der Waals surface area (Å²) in [6.07, 6.45) is 45.0. The van der Waals surface area contributed by atoms with Crippen molar-refractivity contribution >= 4 is 11.9 Å². The van der Waals surface area contributed by atoms with Crippen LogP contribution in [-0.4, -0.2) is 26.2 Å². The first-order chi connectivity index (χ1) is 20.7. The average Bonchev–Trinajstić information content (AvgIpc) is 3.00. The first-order valence-electron chi connectivity index (χ1n) is 18.8. The number of ether oxygens (including phenoxy) is 2. The molecule has 0 aliphatic rings. The van der Waals surface area contributed by atoms with E-state index in [-0.39, 0.29) is 11.9 Å². The van der Waals surface area contributed by atoms with Crippen molar-refractivity contribution in [3.8, 4) is 0 Å². The van der Waals surface area contributed by atoms with Gasteiger partial charge in [-0.25, -0.2) is 0 Å². The van der Waals surface area contributed by atoms with Crippen LogP contribution in [0.5, 0.6) is 0 Å². The summed E-state index contributed by atoms with van der Waals surface area (Å²) in [5.41, 5.74) is 0. The van der Waals surface area contributed by atoms with Crippen molar-refractivity contribution in [1.82, 2.24) is 0 Å². The van der Waals surface area contributed by atoms with Crippen molar-refractivity contribution in [2.24, 2.45) is 0 Å². The molecule has 0 aliphatic carbocycles. The van der Waals surface area contributed by atoms with E-state index in [9.17, 15) is 9.59 Å². The van der Waals surface area contributed by atoms with E-state index in [0.29, 0.717) is 12.8 Å². The van der Waals surface area contributed by atoms with Gasteiger partial charge in [-0.3, -0.25) is 9.59 Å². The number of hydrogen-bond acceptors (Lipinski definition) is 4. The Morgan fingerprint density at radius 1 is 0.262 bits per heavy atom. The lowest BCUT2D eigenvalue weighted by Gasteiger charge is -2.05. The monoisotopic (exact) mass is 595 g/mol. The molecular formula is C38H74O4. The van der Waals surface area contributed by atoms with E-state index in [2.05, 4.69) is 9.47 Å². The zero-order valence-corrected chi connectivity index (χ0v) is 28.7. The van der Waals surface area contributed by atoms with Crippen LogP contribution in [0.25, 0.3) is 0 Å². The molecule has 42 heavy (non-hydrogen) atoms. The predicted octanol–water partition coefficient (Wildman–Crippen LogP) is 12.6. The lowest BCUT2D eigenvalue weighted by Crippen LogP contribution is -1.99. The fourth-order valence-corrected chi connectivity index (χ4v) is 6.05. The van der Waals surface area contributed by atoms with E-state index in [1.165, 1.54) is 207 Å². The van der Waals surface area contributed by atoms with E-state index in [1.54, 1.807) is 0 Å². The van der Waals surface area contributed by atoms with Crippen LogP contribution in [0.1, 0.15) is 218 Å². The number of carbonyl (C=O) groups excluding carboxylic acids is 2. The van der Waals surface area contributed by atoms with E-state index in [4.69, 9.17) is 0 Å². The molecule has 0 aliphatic heterocycles. The molecule has 4 nitrogen and oxygen atoms in total. The Morgan fingerprint density at radius 3 is 0.500 bits per heavy atom. The van der Waals surface area contributed by atoms with Gasteiger partial charge in [0.1, 0.15) is 0 Å². The Balaban J connectivity index is 3.06. The van der Waals surface area contributed by atoms with E-state index < -0.39 is 0 Å². The number of hydrogen-bond donors (Lipinski definition) is 0. The van der Waals surface area contributed by atoms with Crippen LogP contribution in [-0.2, 0) is 19.1 Å². The molecule has 0 heterocycles. The number of methoxy groups -OCH3 is 2. The Labute approximate surface area is 263 Å². The molecule has 0 spiro atoms. The summed E-state index contributed by atoms with van der Waals surface area (Å²) in [6, 6.07) is 0. The van der Waals surface area contributed by atoms with Gasteiger partial charge in [0.25, 0.3) is 0 Å². The summed E-state index contributed by atoms with van der Waals surface area (Å²) in [7, 11) is 2.95. The smallest absolute Gasteiger partial charge is 0.305 e. The lowest BCUT2D eigenvalue weighted by molar-refractivity contribution is -0.141. The van der Waals surface area contributed by atoms with Gasteiger partial charge in [-0.15, -0.1) is 0 Å². The fourth-order valence-electron chi connectivity index (χ4n) is 6.05. The molecule has 250 valence electrons. The first-order valence-corrected chi connectivity index (χ1v) is 18.8. The molecule has 0 saturated carbocycles. The van der Waals surface area contributed by atoms with Crippen molar-refractivity contribution in [2.45, 2.75) is 218 Å². The van der Waals surface area contributed by atoms with Crippen LogP contribution in [0.2, 0.25) is 0 Å². The van der Waals surface area contributed by atoms with Crippen LogP contribution >= 0.6 is 0 Å². The third-order valence-electron chi connectivity index (χ3n) is 8.97. The lowest BCUT2D eigenvalue weighted by atomic mass is 10.0. The van der Waals surface area contributed by atoms with Gasteiger partial charge >= 0.3 is 11.9 Å². The van der Waals surface area contributed by atoms with Crippen LogP contribution in [0.3, 0.4) is 0 Å². The van der Waals surface area contributed by atoms with Crippen molar-refractivity contribution in [3.63, 3.8) is 0 Å². The molecule has 0 unspecified atom stereocenters. The standard InChI is InChI=1S/C38H74O4/c1-41-37(39)35-33-31-29-27-25-23-21-19-17-15-13-11-9-7-5-3-4-6-8-10-12-14-16-18-20-22-24-26-28-30-32-34-36-38(40)42-2/h3-36H2,1-2H3. The average molecular weight is 595 g/mol. The second-order valence-electron chi connectivity index (χ2n) is 13.0. The molecular weight excluding hydrogens is 520 g/mol. The molecule has 0 rings (SSSR count). The van der Waals surface area contributed by atoms with Crippen molar-refractivity contribution in [1.29, 1.82) is 0 Å². The molecule has 0 bridgehead atoms. The molecule has 0 fully saturated rings. The molecule has 0 aromatic carbocycles. The molecule has 0 N–H and O–H groups in total. The SMILES string of the molecule is COC(=O)CCCCCCCCCCCCCCCCCCCCCCCCCCCCCCCCCCC(=O)OC. The Bertz CT molecular complexity index is 499. The van der Waals surface area contributed by atoms with Crippen molar-refractivity contribution in [2.75, 3.05) is 14.2 Å². The molecule has 0 amide bonds. The van der Waals surface area contributed by atoms with E-state index in [1.807, 2.05) is 0 Å². The highest BCUT2D eigenvalue weighted by molar-refractivity contribution is 5.69. The largest absolute Gasteiger partial charge is 0.469 e. The highest BCUT2D eigenvalue weighted by Gasteiger charge is 2.01. The quantitative estimate of drug-likeness (QED) is 0.0541. The van der Waals surface area contributed by atoms with Gasteiger partial charge < -0.3 is 9.47 Å². The van der Waals surface area contributed by atoms with Gasteiger partial charge in [0.15, 0.2) is 0 Å². The Hall–Kier alpha value is -1.06. The predicted molar refractivity (Wildman–Crippen MR) is 181 cm³/mol. The molecule has 0 radical (unpaired) electrons. The third kappa shape index (κ3) is 35.1. The van der Waals surface area contributed by atoms with Gasteiger partial charge in [0, 0.05) is 12.8 Å². The van der Waals surface area contributed by atoms with Gasteiger partial charge in [-0.05, 0) is 12.8 Å². The van der Waals surface area contributed by atoms with E-state index >= 15 is 0 Å². The maximum Gasteiger partial charge on any atom is 0.305 e. The van der Waals surface area contributed by atoms with Gasteiger partial charge in [0.05, 0.1) is 14.2 Å². The molecule has 0 atom stereocenters. The van der Waals surface area contributed by atoms with Crippen molar-refractivity contribution in [3.05, 3.63) is 0 Å². The molecule has 0 saturated heterocycles. The summed E-state index contributed by atoms with van der Waals surface area (Å²) >= 11 is 0. The minimum atomic E-state index is -0.0647. The summed E-state index contributed by atoms with van der Waals surface area (Å²) in [4.78, 5) is 22.1. The summed E-state index contributed by atoms with van der Waals surface area (Å²) < 4.78 is 9.36. The zero-order valence-electron chi connectivity index (χ0n) is 28.7. The summed E-state index contributed by atoms with van der Waals surface area (Å²) in [5.74, 6) is -0.129. The van der Waals surface area contributed by atoms with Gasteiger partial charge in [0.2, 0.25) is 0 Å². The molecule has 4 heteroatoms. The Kier molecular flexibility index (Phi) is 35.2. The third-order valence-corrected chi connectivity index (χ3v) is 8.97. The normalized spacial score (nSPS) is 11.2. The van der Waals surface area contributed by atoms with Crippen molar-refractivity contribution < 1.29 is 19.1 Å². The fraction of sp³-hybridized carbons (Fsp3) is 0.947. The maximum absolute atomic E-state index is 11.1. The van der Waals surface area contributed by atoms with Crippen LogP contribution in [0.4, 0.5) is 0 Å². The second kappa shape index (κ2) is 36.1. The minimum absolute atomic E-state index is 0.0647. The van der Waals surface area contributed by atoms with Crippen LogP contribution in [0.15, 0.2) is 0 Å². The number of esters is 2. The molecule has 0 aromatic rings. The van der Waals surface area contributed by atoms with E-state index in [0.717, 1.165) is 12.8 Å². The van der Waals surface area contributed by atoms with Gasteiger partial charge in [-0.2, -0.15) is 0 Å². The number of rotatable bonds is 35. The van der Waals surface area contributed by atoms with Gasteiger partial charge in [-0.1, -0.05) is 193 Å². The Morgan fingerprint density at radius 2 is 0.381 bits per heavy atom. The second-order valence-corrected chi connectivity index (χ2v) is 13.0. The number of carbonyl (C=O) groups is 2. The topological polar surface area (TPSA) is 52.6 Å². The highest BCUT2D eigenvalue weighted by Crippen LogP contribution is 2.17. The zero-order chi connectivity index (χ0) is 30.6. The first kappa shape index (κ1) is 40.9. The van der Waals surface area contributed by atoms with Crippen LogP contribution in [0, 0.1) is 0 Å². The van der Waals surface area contributed by atoms with Crippen LogP contribution < -0.4 is 0 Å². The maximum atomic E-state index is 11.1. The molecule has 0 aromatic heterocycles. The minimum Gasteiger partial charge on any atom is -0.469 e. The summed E-state index contributed by atoms with van der Waals surface area (Å²) in [5, 5.41) is 0. The number of unbranched alkanes of at least 4 members (excludes halogenated alkanes) is 31. The summed E-state index contributed by atoms with van der Waals surface area (Å²) in [6.45, 7) is 0. The highest BCUT2D eigenvalue weighted by atomic mass is 16.5.